The molecule has 0 spiro atoms. The summed E-state index contributed by atoms with van der Waals surface area (Å²) in [5.74, 6) is 0.809. The summed E-state index contributed by atoms with van der Waals surface area (Å²) in [6.07, 6.45) is 4.67. The van der Waals surface area contributed by atoms with Gasteiger partial charge in [-0.15, -0.1) is 0 Å². The molecule has 1 fully saturated rings. The van der Waals surface area contributed by atoms with Crippen LogP contribution in [0.3, 0.4) is 0 Å². The average molecular weight is 265 g/mol. The molecule has 1 aromatic carbocycles. The van der Waals surface area contributed by atoms with Gasteiger partial charge in [-0.1, -0.05) is 12.1 Å². The molecule has 0 aromatic heterocycles. The third-order valence-corrected chi connectivity index (χ3v) is 3.98. The fourth-order valence-corrected chi connectivity index (χ4v) is 2.59. The van der Waals surface area contributed by atoms with Crippen LogP contribution in [-0.4, -0.2) is 29.4 Å². The van der Waals surface area contributed by atoms with E-state index in [1.807, 2.05) is 30.5 Å². The highest BCUT2D eigenvalue weighted by Crippen LogP contribution is 2.30. The van der Waals surface area contributed by atoms with Gasteiger partial charge < -0.3 is 10.4 Å². The van der Waals surface area contributed by atoms with E-state index in [-0.39, 0.29) is 5.91 Å². The first-order chi connectivity index (χ1) is 8.63. The first kappa shape index (κ1) is 13.4. The predicted octanol–water partition coefficient (Wildman–Crippen LogP) is 2.19. The Bertz CT molecular complexity index is 430. The third kappa shape index (κ3) is 3.27. The summed E-state index contributed by atoms with van der Waals surface area (Å²) >= 11 is 1.73. The molecule has 4 heteroatoms. The molecule has 3 nitrogen and oxygen atoms in total. The van der Waals surface area contributed by atoms with E-state index in [2.05, 4.69) is 5.32 Å². The Hall–Kier alpha value is -1.00. The molecule has 1 amide bonds. The highest BCUT2D eigenvalue weighted by atomic mass is 32.2. The summed E-state index contributed by atoms with van der Waals surface area (Å²) in [6, 6.07) is 7.64. The molecular formula is C14H19NO2S. The lowest BCUT2D eigenvalue weighted by Crippen LogP contribution is -2.47. The van der Waals surface area contributed by atoms with E-state index in [0.29, 0.717) is 12.1 Å². The van der Waals surface area contributed by atoms with E-state index < -0.39 is 5.60 Å². The Morgan fingerprint density at radius 1 is 1.50 bits per heavy atom. The molecule has 0 heterocycles. The second kappa shape index (κ2) is 5.76. The van der Waals surface area contributed by atoms with Gasteiger partial charge in [-0.25, -0.2) is 0 Å². The molecule has 1 saturated carbocycles. The molecule has 0 bridgehead atoms. The number of nitrogens with one attached hydrogen (secondary N) is 1. The van der Waals surface area contributed by atoms with Gasteiger partial charge in [-0.05, 0) is 43.2 Å². The average Bonchev–Trinajstić information content (AvgIpc) is 2.34. The lowest BCUT2D eigenvalue weighted by atomic mass is 9.80. The standard InChI is InChI=1S/C14H19NO2S/c1-18-9-11-4-2-5-12(8-11)13(16)15-10-14(17)6-3-7-14/h2,4-5,8,17H,3,6-7,9-10H2,1H3,(H,15,16). The third-order valence-electron chi connectivity index (χ3n) is 3.36. The fourth-order valence-electron chi connectivity index (χ4n) is 2.08. The van der Waals surface area contributed by atoms with Gasteiger partial charge in [0.15, 0.2) is 0 Å². The van der Waals surface area contributed by atoms with Gasteiger partial charge in [0.2, 0.25) is 0 Å². The molecule has 0 aliphatic heterocycles. The quantitative estimate of drug-likeness (QED) is 0.858. The van der Waals surface area contributed by atoms with Crippen molar-refractivity contribution in [2.75, 3.05) is 12.8 Å². The molecule has 1 aromatic rings. The number of thioether (sulfide) groups is 1. The Balaban J connectivity index is 1.93. The summed E-state index contributed by atoms with van der Waals surface area (Å²) in [5, 5.41) is 12.7. The van der Waals surface area contributed by atoms with Gasteiger partial charge in [-0.2, -0.15) is 11.8 Å². The van der Waals surface area contributed by atoms with E-state index >= 15 is 0 Å². The van der Waals surface area contributed by atoms with Crippen molar-refractivity contribution >= 4 is 17.7 Å². The van der Waals surface area contributed by atoms with Crippen molar-refractivity contribution in [2.24, 2.45) is 0 Å². The Labute approximate surface area is 112 Å². The van der Waals surface area contributed by atoms with Crippen LogP contribution in [0.15, 0.2) is 24.3 Å². The molecule has 0 saturated heterocycles. The number of hydrogen-bond acceptors (Lipinski definition) is 3. The zero-order valence-corrected chi connectivity index (χ0v) is 11.4. The molecular weight excluding hydrogens is 246 g/mol. The van der Waals surface area contributed by atoms with Gasteiger partial charge in [-0.3, -0.25) is 4.79 Å². The molecule has 0 unspecified atom stereocenters. The van der Waals surface area contributed by atoms with Crippen molar-refractivity contribution in [1.82, 2.24) is 5.32 Å². The minimum atomic E-state index is -0.660. The summed E-state index contributed by atoms with van der Waals surface area (Å²) < 4.78 is 0. The fraction of sp³-hybridized carbons (Fsp3) is 0.500. The van der Waals surface area contributed by atoms with Crippen LogP contribution in [0.2, 0.25) is 0 Å². The summed E-state index contributed by atoms with van der Waals surface area (Å²) in [5.41, 5.74) is 1.16. The van der Waals surface area contributed by atoms with Crippen LogP contribution in [0.4, 0.5) is 0 Å². The molecule has 0 radical (unpaired) electrons. The molecule has 2 rings (SSSR count). The van der Waals surface area contributed by atoms with E-state index in [4.69, 9.17) is 0 Å². The number of carbonyl (C=O) groups excluding carboxylic acids is 1. The van der Waals surface area contributed by atoms with Crippen molar-refractivity contribution in [3.8, 4) is 0 Å². The number of amides is 1. The van der Waals surface area contributed by atoms with E-state index in [9.17, 15) is 9.90 Å². The van der Waals surface area contributed by atoms with Crippen LogP contribution in [0.25, 0.3) is 0 Å². The van der Waals surface area contributed by atoms with E-state index in [1.165, 1.54) is 0 Å². The van der Waals surface area contributed by atoms with Crippen molar-refractivity contribution < 1.29 is 9.90 Å². The number of rotatable bonds is 5. The van der Waals surface area contributed by atoms with Gasteiger partial charge in [0, 0.05) is 17.9 Å². The molecule has 1 aliphatic rings. The van der Waals surface area contributed by atoms with E-state index in [0.717, 1.165) is 30.6 Å². The lowest BCUT2D eigenvalue weighted by molar-refractivity contribution is -0.0300. The monoisotopic (exact) mass is 265 g/mol. The molecule has 98 valence electrons. The molecule has 2 N–H and O–H groups in total. The van der Waals surface area contributed by atoms with Crippen LogP contribution >= 0.6 is 11.8 Å². The van der Waals surface area contributed by atoms with Crippen molar-refractivity contribution in [2.45, 2.75) is 30.6 Å². The highest BCUT2D eigenvalue weighted by molar-refractivity contribution is 7.97. The normalized spacial score (nSPS) is 17.0. The van der Waals surface area contributed by atoms with Gasteiger partial charge in [0.05, 0.1) is 5.60 Å². The molecule has 1 aliphatic carbocycles. The number of aliphatic hydroxyl groups is 1. The smallest absolute Gasteiger partial charge is 0.251 e. The summed E-state index contributed by atoms with van der Waals surface area (Å²) in [7, 11) is 0. The Morgan fingerprint density at radius 3 is 2.89 bits per heavy atom. The number of benzene rings is 1. The Kier molecular flexibility index (Phi) is 4.30. The predicted molar refractivity (Wildman–Crippen MR) is 74.8 cm³/mol. The van der Waals surface area contributed by atoms with Crippen LogP contribution in [0.1, 0.15) is 35.2 Å². The van der Waals surface area contributed by atoms with Gasteiger partial charge >= 0.3 is 0 Å². The zero-order valence-electron chi connectivity index (χ0n) is 10.6. The highest BCUT2D eigenvalue weighted by Gasteiger charge is 2.34. The van der Waals surface area contributed by atoms with E-state index in [1.54, 1.807) is 11.8 Å². The maximum atomic E-state index is 12.0. The Morgan fingerprint density at radius 2 is 2.28 bits per heavy atom. The lowest BCUT2D eigenvalue weighted by Gasteiger charge is -2.36. The zero-order chi connectivity index (χ0) is 13.0. The van der Waals surface area contributed by atoms with Crippen LogP contribution in [0, 0.1) is 0 Å². The minimum absolute atomic E-state index is 0.0988. The van der Waals surface area contributed by atoms with Crippen LogP contribution in [-0.2, 0) is 5.75 Å². The number of hydrogen-bond donors (Lipinski definition) is 2. The maximum Gasteiger partial charge on any atom is 0.251 e. The number of carbonyl (C=O) groups is 1. The first-order valence-electron chi connectivity index (χ1n) is 6.21. The minimum Gasteiger partial charge on any atom is -0.388 e. The van der Waals surface area contributed by atoms with Gasteiger partial charge in [0.1, 0.15) is 0 Å². The van der Waals surface area contributed by atoms with Crippen molar-refractivity contribution in [3.05, 3.63) is 35.4 Å². The topological polar surface area (TPSA) is 49.3 Å². The second-order valence-corrected chi connectivity index (χ2v) is 5.76. The van der Waals surface area contributed by atoms with Crippen LogP contribution < -0.4 is 5.32 Å². The SMILES string of the molecule is CSCc1cccc(C(=O)NCC2(O)CCC2)c1. The molecule has 0 atom stereocenters. The largest absolute Gasteiger partial charge is 0.388 e. The second-order valence-electron chi connectivity index (χ2n) is 4.89. The van der Waals surface area contributed by atoms with Crippen molar-refractivity contribution in [3.63, 3.8) is 0 Å². The molecule has 18 heavy (non-hydrogen) atoms. The summed E-state index contributed by atoms with van der Waals surface area (Å²) in [6.45, 7) is 0.360. The first-order valence-corrected chi connectivity index (χ1v) is 7.61. The van der Waals surface area contributed by atoms with Gasteiger partial charge in [0.25, 0.3) is 5.91 Å². The van der Waals surface area contributed by atoms with Crippen LogP contribution in [0.5, 0.6) is 0 Å². The van der Waals surface area contributed by atoms with Crippen molar-refractivity contribution in [1.29, 1.82) is 0 Å². The maximum absolute atomic E-state index is 12.0. The summed E-state index contributed by atoms with van der Waals surface area (Å²) in [4.78, 5) is 12.0.